The molecule has 2 heteroatoms. The summed E-state index contributed by atoms with van der Waals surface area (Å²) in [7, 11) is 0. The molecule has 0 radical (unpaired) electrons. The van der Waals surface area contributed by atoms with Crippen LogP contribution >= 0.6 is 0 Å². The van der Waals surface area contributed by atoms with E-state index in [1.165, 1.54) is 109 Å². The maximum absolute atomic E-state index is 4.32. The molecule has 0 aromatic heterocycles. The fourth-order valence-electron chi connectivity index (χ4n) is 3.16. The highest BCUT2D eigenvalue weighted by atomic mass is 15.0. The zero-order valence-corrected chi connectivity index (χ0v) is 15.0. The zero-order chi connectivity index (χ0) is 15.7. The van der Waals surface area contributed by atoms with Gasteiger partial charge in [0, 0.05) is 6.42 Å². The van der Waals surface area contributed by atoms with Gasteiger partial charge in [0.15, 0.2) is 0 Å². The quantitative estimate of drug-likeness (QED) is 0.355. The van der Waals surface area contributed by atoms with Gasteiger partial charge in [-0.25, -0.2) is 4.99 Å². The monoisotopic (exact) mass is 307 g/mol. The third-order valence-corrected chi connectivity index (χ3v) is 4.65. The average molecular weight is 308 g/mol. The van der Waals surface area contributed by atoms with Crippen molar-refractivity contribution in [3.05, 3.63) is 12.4 Å². The van der Waals surface area contributed by atoms with Crippen LogP contribution in [0.1, 0.15) is 110 Å². The highest BCUT2D eigenvalue weighted by Crippen LogP contribution is 2.13. The molecule has 1 rings (SSSR count). The van der Waals surface area contributed by atoms with E-state index in [0.717, 1.165) is 0 Å². The first-order valence-corrected chi connectivity index (χ1v) is 10.00. The van der Waals surface area contributed by atoms with Gasteiger partial charge < -0.3 is 0 Å². The number of unbranched alkanes of at least 4 members (excludes halogenated alkanes) is 14. The van der Waals surface area contributed by atoms with Crippen LogP contribution in [0.25, 0.3) is 0 Å². The number of quaternary nitrogens is 1. The number of amidine groups is 1. The molecule has 0 amide bonds. The van der Waals surface area contributed by atoms with Crippen molar-refractivity contribution in [3.8, 4) is 0 Å². The minimum Gasteiger partial charge on any atom is -0.274 e. The van der Waals surface area contributed by atoms with Crippen LogP contribution in [-0.2, 0) is 0 Å². The molecule has 0 fully saturated rings. The van der Waals surface area contributed by atoms with Crippen molar-refractivity contribution >= 4 is 5.84 Å². The average Bonchev–Trinajstić information content (AvgIpc) is 3.04. The summed E-state index contributed by atoms with van der Waals surface area (Å²) in [6.07, 6.45) is 26.6. The van der Waals surface area contributed by atoms with Gasteiger partial charge in [0.25, 0.3) is 0 Å². The highest BCUT2D eigenvalue weighted by molar-refractivity contribution is 5.74. The van der Waals surface area contributed by atoms with E-state index in [0.29, 0.717) is 0 Å². The summed E-state index contributed by atoms with van der Waals surface area (Å²) < 4.78 is 0. The van der Waals surface area contributed by atoms with Gasteiger partial charge in [-0.15, -0.1) is 0 Å². The van der Waals surface area contributed by atoms with Crippen LogP contribution in [0.3, 0.4) is 0 Å². The fraction of sp³-hybridized carbons (Fsp3) is 0.850. The van der Waals surface area contributed by atoms with Gasteiger partial charge in [-0.3, -0.25) is 5.32 Å². The Bertz CT molecular complexity index is 294. The van der Waals surface area contributed by atoms with E-state index in [2.05, 4.69) is 17.2 Å². The summed E-state index contributed by atoms with van der Waals surface area (Å²) in [5.41, 5.74) is 0. The lowest BCUT2D eigenvalue weighted by Gasteiger charge is -2.03. The maximum Gasteiger partial charge on any atom is 0.204 e. The third-order valence-electron chi connectivity index (χ3n) is 4.65. The van der Waals surface area contributed by atoms with Crippen LogP contribution in [0.5, 0.6) is 0 Å². The van der Waals surface area contributed by atoms with E-state index in [4.69, 9.17) is 0 Å². The Balaban J connectivity index is 1.66. The molecule has 128 valence electrons. The van der Waals surface area contributed by atoms with Gasteiger partial charge in [-0.2, -0.15) is 0 Å². The minimum atomic E-state index is 1.17. The highest BCUT2D eigenvalue weighted by Gasteiger charge is 2.04. The molecular weight excluding hydrogens is 268 g/mol. The second kappa shape index (κ2) is 15.3. The Kier molecular flexibility index (Phi) is 13.5. The maximum atomic E-state index is 4.32. The van der Waals surface area contributed by atoms with Gasteiger partial charge >= 0.3 is 0 Å². The molecule has 1 heterocycles. The number of hydrogen-bond acceptors (Lipinski definition) is 1. The number of nitrogens with two attached hydrogens (primary N) is 1. The number of hydrogen-bond donors (Lipinski definition) is 1. The number of rotatable bonds is 16. The second-order valence-electron chi connectivity index (χ2n) is 6.83. The smallest absolute Gasteiger partial charge is 0.204 e. The Hall–Kier alpha value is -0.630. The lowest BCUT2D eigenvalue weighted by Crippen LogP contribution is -2.80. The molecule has 0 spiro atoms. The largest absolute Gasteiger partial charge is 0.274 e. The normalized spacial score (nSPS) is 13.8. The van der Waals surface area contributed by atoms with Gasteiger partial charge in [-0.05, 0) is 6.42 Å². The minimum absolute atomic E-state index is 1.17. The van der Waals surface area contributed by atoms with Crippen LogP contribution < -0.4 is 5.32 Å². The lowest BCUT2D eigenvalue weighted by molar-refractivity contribution is -0.460. The predicted octanol–water partition coefficient (Wildman–Crippen LogP) is 5.69. The van der Waals surface area contributed by atoms with E-state index in [9.17, 15) is 0 Å². The Morgan fingerprint density at radius 3 is 1.55 bits per heavy atom. The van der Waals surface area contributed by atoms with Crippen molar-refractivity contribution in [2.24, 2.45) is 4.99 Å². The second-order valence-corrected chi connectivity index (χ2v) is 6.83. The van der Waals surface area contributed by atoms with E-state index in [1.54, 1.807) is 0 Å². The first-order chi connectivity index (χ1) is 10.9. The third kappa shape index (κ3) is 12.0. The van der Waals surface area contributed by atoms with Crippen molar-refractivity contribution in [1.82, 2.24) is 0 Å². The van der Waals surface area contributed by atoms with E-state index >= 15 is 0 Å². The van der Waals surface area contributed by atoms with Crippen molar-refractivity contribution < 1.29 is 5.32 Å². The summed E-state index contributed by atoms with van der Waals surface area (Å²) in [6, 6.07) is 0. The van der Waals surface area contributed by atoms with Gasteiger partial charge in [0.1, 0.15) is 6.20 Å². The molecule has 1 aliphatic rings. The van der Waals surface area contributed by atoms with Crippen LogP contribution in [0, 0.1) is 0 Å². The summed E-state index contributed by atoms with van der Waals surface area (Å²) in [6.45, 7) is 2.29. The molecule has 0 atom stereocenters. The van der Waals surface area contributed by atoms with E-state index in [1.807, 2.05) is 12.4 Å². The van der Waals surface area contributed by atoms with Crippen molar-refractivity contribution in [2.75, 3.05) is 0 Å². The predicted molar refractivity (Wildman–Crippen MR) is 98.0 cm³/mol. The molecule has 0 aromatic rings. The molecule has 0 aromatic carbocycles. The van der Waals surface area contributed by atoms with Crippen LogP contribution in [0.4, 0.5) is 0 Å². The Morgan fingerprint density at radius 2 is 1.14 bits per heavy atom. The topological polar surface area (TPSA) is 29.0 Å². The molecule has 0 saturated heterocycles. The summed E-state index contributed by atoms with van der Waals surface area (Å²) in [5.74, 6) is 1.27. The summed E-state index contributed by atoms with van der Waals surface area (Å²) in [4.78, 5) is 4.32. The van der Waals surface area contributed by atoms with Gasteiger partial charge in [0.2, 0.25) is 5.84 Å². The van der Waals surface area contributed by atoms with E-state index in [-0.39, 0.29) is 0 Å². The molecular formula is C20H39N2+. The number of nitrogens with zero attached hydrogens (tertiary/aromatic N) is 1. The summed E-state index contributed by atoms with van der Waals surface area (Å²) >= 11 is 0. The summed E-state index contributed by atoms with van der Waals surface area (Å²) in [5, 5.41) is 2.14. The van der Waals surface area contributed by atoms with Gasteiger partial charge in [0.05, 0.1) is 6.20 Å². The van der Waals surface area contributed by atoms with Crippen LogP contribution in [0.15, 0.2) is 17.4 Å². The standard InChI is InChI=1S/C20H38N2/c1-2-3-4-5-6-7-8-9-10-11-12-13-14-15-16-17-20-21-18-19-22-20/h18-19H,2-17H2,1H3,(H,21,22)/p+1. The molecule has 2 nitrogen and oxygen atoms in total. The SMILES string of the molecule is CCCCCCCCCCCCCCCCCC1=NC=C[NH2+]1. The van der Waals surface area contributed by atoms with Crippen molar-refractivity contribution in [2.45, 2.75) is 110 Å². The number of aliphatic imine (C=N–C) groups is 1. The molecule has 0 aliphatic carbocycles. The molecule has 0 saturated carbocycles. The van der Waals surface area contributed by atoms with Crippen LogP contribution in [0.2, 0.25) is 0 Å². The molecule has 2 N–H and O–H groups in total. The molecule has 22 heavy (non-hydrogen) atoms. The van der Waals surface area contributed by atoms with E-state index < -0.39 is 0 Å². The first kappa shape index (κ1) is 19.4. The zero-order valence-electron chi connectivity index (χ0n) is 15.0. The molecule has 0 unspecified atom stereocenters. The molecule has 1 aliphatic heterocycles. The van der Waals surface area contributed by atoms with Crippen LogP contribution in [-0.4, -0.2) is 5.84 Å². The van der Waals surface area contributed by atoms with Gasteiger partial charge in [-0.1, -0.05) is 96.8 Å². The fourth-order valence-corrected chi connectivity index (χ4v) is 3.16. The first-order valence-electron chi connectivity index (χ1n) is 10.00. The van der Waals surface area contributed by atoms with Crippen molar-refractivity contribution in [3.63, 3.8) is 0 Å². The molecule has 0 bridgehead atoms. The Morgan fingerprint density at radius 1 is 0.682 bits per heavy atom. The Labute approximate surface area is 138 Å². The van der Waals surface area contributed by atoms with Crippen molar-refractivity contribution in [1.29, 1.82) is 0 Å². The lowest BCUT2D eigenvalue weighted by atomic mass is 10.0.